The van der Waals surface area contributed by atoms with Gasteiger partial charge >= 0.3 is 5.97 Å². The van der Waals surface area contributed by atoms with Crippen molar-refractivity contribution in [1.82, 2.24) is 9.88 Å². The van der Waals surface area contributed by atoms with Crippen LogP contribution in [0, 0.1) is 6.92 Å². The molecule has 1 amide bonds. The molecule has 1 fully saturated rings. The fraction of sp³-hybridized carbons (Fsp3) is 0.643. The molecule has 1 aliphatic heterocycles. The second kappa shape index (κ2) is 5.73. The minimum atomic E-state index is -1.04. The van der Waals surface area contributed by atoms with Gasteiger partial charge in [-0.3, -0.25) is 4.79 Å². The average molecular weight is 312 g/mol. The Kier molecular flexibility index (Phi) is 4.34. The highest BCUT2D eigenvalue weighted by molar-refractivity contribution is 7.14. The Balaban J connectivity index is 2.20. The molecule has 0 radical (unpaired) electrons. The third-order valence-corrected chi connectivity index (χ3v) is 4.83. The van der Waals surface area contributed by atoms with Crippen LogP contribution < -0.4 is 0 Å². The summed E-state index contributed by atoms with van der Waals surface area (Å²) in [6.07, 6.45) is -0.946. The fourth-order valence-electron chi connectivity index (χ4n) is 2.04. The number of carbonyl (C=O) groups excluding carboxylic acids is 1. The molecule has 1 atom stereocenters. The molecule has 1 aromatic heterocycles. The van der Waals surface area contributed by atoms with E-state index in [2.05, 4.69) is 25.8 Å². The maximum absolute atomic E-state index is 12.6. The summed E-state index contributed by atoms with van der Waals surface area (Å²) in [7, 11) is 0. The molecule has 0 bridgehead atoms. The number of ether oxygens (including phenoxy) is 1. The minimum absolute atomic E-state index is 0.0797. The number of amides is 1. The Bertz CT molecular complexity index is 562. The van der Waals surface area contributed by atoms with Gasteiger partial charge in [0, 0.05) is 12.0 Å². The number of aryl methyl sites for hydroxylation is 1. The quantitative estimate of drug-likeness (QED) is 0.898. The predicted molar refractivity (Wildman–Crippen MR) is 78.8 cm³/mol. The fourth-order valence-corrected chi connectivity index (χ4v) is 3.13. The number of hydrogen-bond acceptors (Lipinski definition) is 5. The van der Waals surface area contributed by atoms with Gasteiger partial charge in [0.1, 0.15) is 4.88 Å². The van der Waals surface area contributed by atoms with Crippen LogP contribution in [0.2, 0.25) is 0 Å². The van der Waals surface area contributed by atoms with Gasteiger partial charge in [-0.05, 0) is 6.92 Å². The number of morpholine rings is 1. The lowest BCUT2D eigenvalue weighted by atomic mass is 9.98. The molecule has 1 aromatic rings. The largest absolute Gasteiger partial charge is 0.479 e. The Morgan fingerprint density at radius 2 is 2.10 bits per heavy atom. The van der Waals surface area contributed by atoms with Crippen molar-refractivity contribution in [2.75, 3.05) is 19.7 Å². The monoisotopic (exact) mass is 312 g/mol. The lowest BCUT2D eigenvalue weighted by Gasteiger charge is -2.30. The first kappa shape index (κ1) is 15.9. The van der Waals surface area contributed by atoms with E-state index in [-0.39, 0.29) is 24.5 Å². The number of thiazole rings is 1. The lowest BCUT2D eigenvalue weighted by molar-refractivity contribution is -0.154. The summed E-state index contributed by atoms with van der Waals surface area (Å²) in [6.45, 7) is 8.69. The molecule has 7 heteroatoms. The molecular formula is C14H20N2O4S. The van der Waals surface area contributed by atoms with Gasteiger partial charge in [0.05, 0.1) is 23.9 Å². The normalized spacial score (nSPS) is 19.6. The van der Waals surface area contributed by atoms with Crippen LogP contribution in [0.3, 0.4) is 0 Å². The van der Waals surface area contributed by atoms with Crippen LogP contribution in [0.15, 0.2) is 0 Å². The number of aromatic nitrogens is 1. The van der Waals surface area contributed by atoms with Crippen LogP contribution >= 0.6 is 11.3 Å². The third kappa shape index (κ3) is 3.41. The Labute approximate surface area is 127 Å². The molecule has 1 unspecified atom stereocenters. The Morgan fingerprint density at radius 3 is 2.62 bits per heavy atom. The van der Waals surface area contributed by atoms with E-state index in [1.54, 1.807) is 0 Å². The predicted octanol–water partition coefficient (Wildman–Crippen LogP) is 1.67. The van der Waals surface area contributed by atoms with Crippen molar-refractivity contribution in [2.24, 2.45) is 0 Å². The zero-order chi connectivity index (χ0) is 15.8. The van der Waals surface area contributed by atoms with Crippen molar-refractivity contribution < 1.29 is 19.4 Å². The van der Waals surface area contributed by atoms with E-state index < -0.39 is 12.1 Å². The van der Waals surface area contributed by atoms with Gasteiger partial charge in [-0.2, -0.15) is 0 Å². The molecule has 0 aliphatic carbocycles. The first-order valence-electron chi connectivity index (χ1n) is 6.81. The van der Waals surface area contributed by atoms with Gasteiger partial charge in [0.25, 0.3) is 5.91 Å². The summed E-state index contributed by atoms with van der Waals surface area (Å²) >= 11 is 1.39. The number of aliphatic carboxylic acids is 1. The summed E-state index contributed by atoms with van der Waals surface area (Å²) in [5.74, 6) is -1.20. The molecule has 2 heterocycles. The summed E-state index contributed by atoms with van der Waals surface area (Å²) in [5.41, 5.74) is 0.594. The van der Waals surface area contributed by atoms with Crippen molar-refractivity contribution in [2.45, 2.75) is 39.2 Å². The van der Waals surface area contributed by atoms with Crippen LogP contribution in [-0.4, -0.2) is 52.7 Å². The molecule has 6 nitrogen and oxygen atoms in total. The molecule has 21 heavy (non-hydrogen) atoms. The highest BCUT2D eigenvalue weighted by atomic mass is 32.1. The van der Waals surface area contributed by atoms with Crippen LogP contribution in [-0.2, 0) is 14.9 Å². The van der Waals surface area contributed by atoms with Gasteiger partial charge in [0.15, 0.2) is 6.10 Å². The van der Waals surface area contributed by atoms with Crippen molar-refractivity contribution in [1.29, 1.82) is 0 Å². The van der Waals surface area contributed by atoms with Crippen molar-refractivity contribution in [3.8, 4) is 0 Å². The van der Waals surface area contributed by atoms with Crippen LogP contribution in [0.25, 0.3) is 0 Å². The molecular weight excluding hydrogens is 292 g/mol. The first-order chi connectivity index (χ1) is 9.70. The van der Waals surface area contributed by atoms with Crippen molar-refractivity contribution >= 4 is 23.2 Å². The second-order valence-corrected chi connectivity index (χ2v) is 7.13. The van der Waals surface area contributed by atoms with Crippen LogP contribution in [0.5, 0.6) is 0 Å². The summed E-state index contributed by atoms with van der Waals surface area (Å²) in [6, 6.07) is 0. The van der Waals surface area contributed by atoms with Crippen LogP contribution in [0.1, 0.15) is 41.1 Å². The Morgan fingerprint density at radius 1 is 1.43 bits per heavy atom. The van der Waals surface area contributed by atoms with Crippen LogP contribution in [0.4, 0.5) is 0 Å². The Hall–Kier alpha value is -1.47. The maximum Gasteiger partial charge on any atom is 0.334 e. The topological polar surface area (TPSA) is 79.7 Å². The molecule has 1 N–H and O–H groups in total. The standard InChI is InChI=1S/C14H20N2O4S/c1-8-10(21-13(15-8)14(2,3)4)11(17)16-5-6-20-9(7-16)12(18)19/h9H,5-7H2,1-4H3,(H,18,19). The number of hydrogen-bond donors (Lipinski definition) is 1. The lowest BCUT2D eigenvalue weighted by Crippen LogP contribution is -2.48. The highest BCUT2D eigenvalue weighted by Crippen LogP contribution is 2.30. The molecule has 1 aliphatic rings. The van der Waals surface area contributed by atoms with Crippen molar-refractivity contribution in [3.63, 3.8) is 0 Å². The third-order valence-electron chi connectivity index (χ3n) is 3.26. The number of carboxylic acid groups (broad SMARTS) is 1. The average Bonchev–Trinajstić information content (AvgIpc) is 2.80. The first-order valence-corrected chi connectivity index (χ1v) is 7.63. The van der Waals surface area contributed by atoms with E-state index in [0.717, 1.165) is 5.01 Å². The van der Waals surface area contributed by atoms with E-state index in [1.807, 2.05) is 6.92 Å². The second-order valence-electron chi connectivity index (χ2n) is 6.13. The number of rotatable bonds is 2. The molecule has 2 rings (SSSR count). The highest BCUT2D eigenvalue weighted by Gasteiger charge is 2.32. The summed E-state index contributed by atoms with van der Waals surface area (Å²) in [5, 5.41) is 9.91. The molecule has 0 saturated carbocycles. The zero-order valence-electron chi connectivity index (χ0n) is 12.7. The SMILES string of the molecule is Cc1nc(C(C)(C)C)sc1C(=O)N1CCOC(C(=O)O)C1. The smallest absolute Gasteiger partial charge is 0.334 e. The van der Waals surface area contributed by atoms with Gasteiger partial charge in [-0.25, -0.2) is 9.78 Å². The maximum atomic E-state index is 12.6. The van der Waals surface area contributed by atoms with E-state index in [4.69, 9.17) is 9.84 Å². The van der Waals surface area contributed by atoms with Gasteiger partial charge in [0.2, 0.25) is 0 Å². The molecule has 0 spiro atoms. The molecule has 0 aromatic carbocycles. The number of carboxylic acids is 1. The summed E-state index contributed by atoms with van der Waals surface area (Å²) < 4.78 is 5.14. The number of nitrogens with zero attached hydrogens (tertiary/aromatic N) is 2. The van der Waals surface area contributed by atoms with Gasteiger partial charge < -0.3 is 14.7 Å². The zero-order valence-corrected chi connectivity index (χ0v) is 13.5. The molecule has 1 saturated heterocycles. The van der Waals surface area contributed by atoms with Gasteiger partial charge in [-0.15, -0.1) is 11.3 Å². The van der Waals surface area contributed by atoms with E-state index in [1.165, 1.54) is 16.2 Å². The van der Waals surface area contributed by atoms with E-state index in [9.17, 15) is 9.59 Å². The van der Waals surface area contributed by atoms with E-state index in [0.29, 0.717) is 17.1 Å². The van der Waals surface area contributed by atoms with Crippen molar-refractivity contribution in [3.05, 3.63) is 15.6 Å². The van der Waals surface area contributed by atoms with Gasteiger partial charge in [-0.1, -0.05) is 20.8 Å². The summed E-state index contributed by atoms with van der Waals surface area (Å²) in [4.78, 5) is 30.2. The number of carbonyl (C=O) groups is 2. The molecule has 116 valence electrons. The minimum Gasteiger partial charge on any atom is -0.479 e. The van der Waals surface area contributed by atoms with E-state index >= 15 is 0 Å².